The first-order valence-electron chi connectivity index (χ1n) is 7.56. The van der Waals surface area contributed by atoms with Gasteiger partial charge in [-0.1, -0.05) is 6.07 Å². The molecule has 2 aromatic rings. The largest absolute Gasteiger partial charge is 0.490 e. The molecule has 0 atom stereocenters. The molecule has 0 unspecified atom stereocenters. The number of rotatable bonds is 8. The minimum atomic E-state index is -2.96. The molecule has 1 aromatic carbocycles. The molecule has 9 heteroatoms. The molecule has 0 bridgehead atoms. The summed E-state index contributed by atoms with van der Waals surface area (Å²) in [7, 11) is 0. The third-order valence-electron chi connectivity index (χ3n) is 3.01. The van der Waals surface area contributed by atoms with Crippen LogP contribution in [0.3, 0.4) is 0 Å². The summed E-state index contributed by atoms with van der Waals surface area (Å²) < 4.78 is 34.4. The Morgan fingerprint density at radius 2 is 2.12 bits per heavy atom. The number of thiazole rings is 1. The number of alkyl halides is 2. The van der Waals surface area contributed by atoms with Gasteiger partial charge >= 0.3 is 6.61 Å². The third kappa shape index (κ3) is 5.62. The maximum Gasteiger partial charge on any atom is 0.387 e. The van der Waals surface area contributed by atoms with E-state index in [-0.39, 0.29) is 29.6 Å². The van der Waals surface area contributed by atoms with Crippen molar-refractivity contribution in [1.29, 1.82) is 0 Å². The Hall–Kier alpha value is -2.81. The number of halogens is 2. The summed E-state index contributed by atoms with van der Waals surface area (Å²) in [6.45, 7) is 0.415. The number of ketones is 1. The first-order chi connectivity index (χ1) is 12.4. The molecule has 0 aliphatic rings. The zero-order chi connectivity index (χ0) is 19.1. The second-order valence-corrected chi connectivity index (χ2v) is 5.79. The topological polar surface area (TPSA) is 77.5 Å². The van der Waals surface area contributed by atoms with Crippen molar-refractivity contribution in [2.24, 2.45) is 0 Å². The van der Waals surface area contributed by atoms with Gasteiger partial charge in [-0.3, -0.25) is 14.9 Å². The Labute approximate surface area is 152 Å². The highest BCUT2D eigenvalue weighted by Crippen LogP contribution is 2.30. The quantitative estimate of drug-likeness (QED) is 0.552. The number of hydrogen-bond donors (Lipinski definition) is 1. The Bertz CT molecular complexity index is 821. The van der Waals surface area contributed by atoms with Gasteiger partial charge in [-0.15, -0.1) is 11.3 Å². The molecule has 138 valence electrons. The molecule has 0 spiro atoms. The lowest BCUT2D eigenvalue weighted by atomic mass is 10.2. The van der Waals surface area contributed by atoms with E-state index in [1.807, 2.05) is 0 Å². The Morgan fingerprint density at radius 1 is 1.35 bits per heavy atom. The van der Waals surface area contributed by atoms with E-state index in [9.17, 15) is 18.4 Å². The van der Waals surface area contributed by atoms with Crippen molar-refractivity contribution < 1.29 is 27.8 Å². The van der Waals surface area contributed by atoms with Gasteiger partial charge in [0.2, 0.25) is 5.91 Å². The number of carbonyl (C=O) groups excluding carboxylic acids is 2. The third-order valence-corrected chi connectivity index (χ3v) is 3.76. The maximum absolute atomic E-state index is 12.4. The summed E-state index contributed by atoms with van der Waals surface area (Å²) in [6.07, 6.45) is 2.75. The van der Waals surface area contributed by atoms with Gasteiger partial charge in [-0.2, -0.15) is 8.78 Å². The van der Waals surface area contributed by atoms with Crippen LogP contribution < -0.4 is 14.8 Å². The number of anilines is 1. The van der Waals surface area contributed by atoms with Crippen molar-refractivity contribution in [2.75, 3.05) is 11.9 Å². The average Bonchev–Trinajstić information content (AvgIpc) is 3.03. The number of aromatic nitrogens is 1. The Morgan fingerprint density at radius 3 is 2.73 bits per heavy atom. The first-order valence-corrected chi connectivity index (χ1v) is 8.44. The molecule has 0 saturated carbocycles. The standard InChI is InChI=1S/C17H16F2N2O4S/c1-3-24-14-8-11(4-6-13(14)25-16(18)19)5-7-15(23)21-17-20-12(9-26-17)10(2)22/h4-9,16H,3H2,1-2H3,(H,20,21,23)/b7-5+. The summed E-state index contributed by atoms with van der Waals surface area (Å²) in [6, 6.07) is 4.35. The van der Waals surface area contributed by atoms with Gasteiger partial charge in [0.25, 0.3) is 0 Å². The van der Waals surface area contributed by atoms with E-state index in [2.05, 4.69) is 15.0 Å². The zero-order valence-electron chi connectivity index (χ0n) is 14.0. The summed E-state index contributed by atoms with van der Waals surface area (Å²) in [5.41, 5.74) is 0.846. The minimum Gasteiger partial charge on any atom is -0.490 e. The van der Waals surface area contributed by atoms with Crippen LogP contribution in [0.1, 0.15) is 29.9 Å². The van der Waals surface area contributed by atoms with Crippen LogP contribution >= 0.6 is 11.3 Å². The van der Waals surface area contributed by atoms with Crippen LogP contribution in [0.2, 0.25) is 0 Å². The van der Waals surface area contributed by atoms with Crippen molar-refractivity contribution >= 4 is 34.2 Å². The lowest BCUT2D eigenvalue weighted by molar-refractivity contribution is -0.111. The highest BCUT2D eigenvalue weighted by atomic mass is 32.1. The van der Waals surface area contributed by atoms with E-state index in [1.54, 1.807) is 12.3 Å². The highest BCUT2D eigenvalue weighted by molar-refractivity contribution is 7.14. The van der Waals surface area contributed by atoms with Crippen molar-refractivity contribution in [3.8, 4) is 11.5 Å². The molecule has 0 fully saturated rings. The van der Waals surface area contributed by atoms with Crippen molar-refractivity contribution in [3.05, 3.63) is 40.9 Å². The van der Waals surface area contributed by atoms with Crippen LogP contribution in [-0.2, 0) is 4.79 Å². The number of nitrogens with one attached hydrogen (secondary N) is 1. The second-order valence-electron chi connectivity index (χ2n) is 4.93. The highest BCUT2D eigenvalue weighted by Gasteiger charge is 2.11. The number of nitrogens with zero attached hydrogens (tertiary/aromatic N) is 1. The predicted octanol–water partition coefficient (Wildman–Crippen LogP) is 4.00. The van der Waals surface area contributed by atoms with Crippen LogP contribution in [0.5, 0.6) is 11.5 Å². The molecule has 26 heavy (non-hydrogen) atoms. The number of Topliss-reactive ketones (excluding diaryl/α,β-unsaturated/α-hetero) is 1. The molecular formula is C17H16F2N2O4S. The number of amides is 1. The molecule has 0 radical (unpaired) electrons. The average molecular weight is 382 g/mol. The molecule has 0 saturated heterocycles. The SMILES string of the molecule is CCOc1cc(/C=C/C(=O)Nc2nc(C(C)=O)cs2)ccc1OC(F)F. The van der Waals surface area contributed by atoms with E-state index in [1.165, 1.54) is 37.3 Å². The van der Waals surface area contributed by atoms with Crippen LogP contribution in [0.25, 0.3) is 6.08 Å². The predicted molar refractivity (Wildman–Crippen MR) is 94.0 cm³/mol. The fourth-order valence-corrected chi connectivity index (χ4v) is 2.65. The molecule has 1 aromatic heterocycles. The summed E-state index contributed by atoms with van der Waals surface area (Å²) in [5, 5.41) is 4.40. The molecule has 2 rings (SSSR count). The smallest absolute Gasteiger partial charge is 0.387 e. The van der Waals surface area contributed by atoms with Gasteiger partial charge in [0.05, 0.1) is 6.61 Å². The van der Waals surface area contributed by atoms with Gasteiger partial charge in [-0.25, -0.2) is 4.98 Å². The molecule has 0 aliphatic carbocycles. The second kappa shape index (κ2) is 9.04. The van der Waals surface area contributed by atoms with Gasteiger partial charge in [-0.05, 0) is 30.7 Å². The number of hydrogen-bond acceptors (Lipinski definition) is 6. The number of ether oxygens (including phenoxy) is 2. The lowest BCUT2D eigenvalue weighted by Gasteiger charge is -2.11. The fourth-order valence-electron chi connectivity index (χ4n) is 1.90. The van der Waals surface area contributed by atoms with E-state index < -0.39 is 12.5 Å². The van der Waals surface area contributed by atoms with Crippen LogP contribution in [0, 0.1) is 0 Å². The molecule has 6 nitrogen and oxygen atoms in total. The number of benzene rings is 1. The van der Waals surface area contributed by atoms with Crippen molar-refractivity contribution in [1.82, 2.24) is 4.98 Å². The van der Waals surface area contributed by atoms with E-state index in [4.69, 9.17) is 4.74 Å². The molecule has 1 heterocycles. The van der Waals surface area contributed by atoms with Crippen LogP contribution in [0.15, 0.2) is 29.7 Å². The maximum atomic E-state index is 12.4. The molecule has 1 N–H and O–H groups in total. The zero-order valence-corrected chi connectivity index (χ0v) is 14.8. The summed E-state index contributed by atoms with van der Waals surface area (Å²) in [5.74, 6) is -0.559. The monoisotopic (exact) mass is 382 g/mol. The van der Waals surface area contributed by atoms with Gasteiger partial charge in [0, 0.05) is 18.4 Å². The van der Waals surface area contributed by atoms with E-state index in [0.717, 1.165) is 11.3 Å². The number of carbonyl (C=O) groups is 2. The van der Waals surface area contributed by atoms with E-state index in [0.29, 0.717) is 10.7 Å². The van der Waals surface area contributed by atoms with Gasteiger partial charge < -0.3 is 9.47 Å². The van der Waals surface area contributed by atoms with E-state index >= 15 is 0 Å². The Kier molecular flexibility index (Phi) is 6.79. The molecule has 1 amide bonds. The Balaban J connectivity index is 2.06. The summed E-state index contributed by atoms with van der Waals surface area (Å²) >= 11 is 1.14. The van der Waals surface area contributed by atoms with Gasteiger partial charge in [0.1, 0.15) is 5.69 Å². The van der Waals surface area contributed by atoms with Gasteiger partial charge in [0.15, 0.2) is 22.4 Å². The van der Waals surface area contributed by atoms with Crippen molar-refractivity contribution in [2.45, 2.75) is 20.5 Å². The van der Waals surface area contributed by atoms with Crippen molar-refractivity contribution in [3.63, 3.8) is 0 Å². The molecular weight excluding hydrogens is 366 g/mol. The van der Waals surface area contributed by atoms with Crippen LogP contribution in [0.4, 0.5) is 13.9 Å². The minimum absolute atomic E-state index is 0.0806. The fraction of sp³-hybridized carbons (Fsp3) is 0.235. The summed E-state index contributed by atoms with van der Waals surface area (Å²) in [4.78, 5) is 27.1. The first kappa shape index (κ1) is 19.5. The molecule has 0 aliphatic heterocycles. The lowest BCUT2D eigenvalue weighted by Crippen LogP contribution is -2.08. The van der Waals surface area contributed by atoms with Crippen LogP contribution in [-0.4, -0.2) is 29.9 Å². The normalized spacial score (nSPS) is 11.0.